The third kappa shape index (κ3) is 5.90. The molecule has 0 spiro atoms. The lowest BCUT2D eigenvalue weighted by atomic mass is 9.92. The minimum Gasteiger partial charge on any atom is -0.309 e. The van der Waals surface area contributed by atoms with Crippen LogP contribution in [0.5, 0.6) is 0 Å². The first-order chi connectivity index (χ1) is 30.1. The zero-order valence-electron chi connectivity index (χ0n) is 33.3. The zero-order valence-corrected chi connectivity index (χ0v) is 33.3. The topological polar surface area (TPSA) is 57.4 Å². The van der Waals surface area contributed by atoms with Gasteiger partial charge < -0.3 is 9.13 Å². The molecule has 4 heteroatoms. The standard InChI is InChI=1S/C57H36N4/c1-37-30-38(35-58)20-25-45(37)44-24-29-57(61-53-19-11-9-17-47(53)50-33-43(23-28-56(50)61)41-14-6-3-7-15-41)51(34-44)48-31-39(36-59)21-26-54(48)60-52-18-10-8-16-46(52)49-32-42(22-27-55(49)60)40-12-4-2-5-13-40/h2-34H,1H3. The van der Waals surface area contributed by atoms with Gasteiger partial charge in [-0.25, -0.2) is 0 Å². The van der Waals surface area contributed by atoms with Gasteiger partial charge in [-0.3, -0.25) is 0 Å². The van der Waals surface area contributed by atoms with Gasteiger partial charge in [0.25, 0.3) is 0 Å². The average Bonchev–Trinajstić information content (AvgIpc) is 3.83. The highest BCUT2D eigenvalue weighted by Crippen LogP contribution is 2.44. The Balaban J connectivity index is 1.22. The van der Waals surface area contributed by atoms with E-state index in [1.165, 1.54) is 11.1 Å². The predicted octanol–water partition coefficient (Wildman–Crippen LogP) is 14.6. The number of nitrogens with zero attached hydrogens (tertiary/aromatic N) is 4. The van der Waals surface area contributed by atoms with E-state index in [9.17, 15) is 10.5 Å². The van der Waals surface area contributed by atoms with Crippen LogP contribution in [0.4, 0.5) is 0 Å². The normalized spacial score (nSPS) is 11.3. The lowest BCUT2D eigenvalue weighted by molar-refractivity contribution is 1.16. The van der Waals surface area contributed by atoms with Crippen LogP contribution in [-0.2, 0) is 0 Å². The lowest BCUT2D eigenvalue weighted by Crippen LogP contribution is -2.02. The number of rotatable bonds is 6. The van der Waals surface area contributed by atoms with Crippen molar-refractivity contribution in [1.82, 2.24) is 9.13 Å². The van der Waals surface area contributed by atoms with Gasteiger partial charge >= 0.3 is 0 Å². The summed E-state index contributed by atoms with van der Waals surface area (Å²) < 4.78 is 4.74. The van der Waals surface area contributed by atoms with Crippen LogP contribution in [0.25, 0.3) is 99.5 Å². The fourth-order valence-corrected chi connectivity index (χ4v) is 9.27. The molecule has 0 unspecified atom stereocenters. The maximum Gasteiger partial charge on any atom is 0.0991 e. The van der Waals surface area contributed by atoms with Gasteiger partial charge in [-0.15, -0.1) is 0 Å². The molecule has 0 aliphatic heterocycles. The molecule has 2 aromatic heterocycles. The molecule has 4 nitrogen and oxygen atoms in total. The first kappa shape index (κ1) is 35.7. The maximum atomic E-state index is 10.5. The van der Waals surface area contributed by atoms with Crippen molar-refractivity contribution in [3.63, 3.8) is 0 Å². The monoisotopic (exact) mass is 776 g/mol. The summed E-state index contributed by atoms with van der Waals surface area (Å²) in [6.45, 7) is 2.06. The van der Waals surface area contributed by atoms with Crippen LogP contribution < -0.4 is 0 Å². The van der Waals surface area contributed by atoms with Gasteiger partial charge in [0, 0.05) is 32.7 Å². The van der Waals surface area contributed by atoms with E-state index in [1.54, 1.807) is 0 Å². The molecule has 0 radical (unpaired) electrons. The number of aryl methyl sites for hydroxylation is 1. The van der Waals surface area contributed by atoms with Crippen molar-refractivity contribution in [2.24, 2.45) is 0 Å². The number of benzene rings is 9. The van der Waals surface area contributed by atoms with E-state index in [0.29, 0.717) is 11.1 Å². The second-order valence-electron chi connectivity index (χ2n) is 15.6. The molecule has 2 heterocycles. The second kappa shape index (κ2) is 14.4. The summed E-state index contributed by atoms with van der Waals surface area (Å²) >= 11 is 0. The Morgan fingerprint density at radius 3 is 1.31 bits per heavy atom. The maximum absolute atomic E-state index is 10.5. The minimum absolute atomic E-state index is 0.575. The van der Waals surface area contributed by atoms with Gasteiger partial charge in [-0.2, -0.15) is 10.5 Å². The number of hydrogen-bond acceptors (Lipinski definition) is 2. The number of aromatic nitrogens is 2. The van der Waals surface area contributed by atoms with Crippen LogP contribution in [0.15, 0.2) is 200 Å². The fourth-order valence-electron chi connectivity index (χ4n) is 9.27. The third-order valence-corrected chi connectivity index (χ3v) is 12.1. The molecular weight excluding hydrogens is 741 g/mol. The summed E-state index contributed by atoms with van der Waals surface area (Å²) in [5.74, 6) is 0. The Hall–Kier alpha value is -8.44. The highest BCUT2D eigenvalue weighted by molar-refractivity contribution is 6.13. The van der Waals surface area contributed by atoms with Crippen molar-refractivity contribution in [3.8, 4) is 68.0 Å². The van der Waals surface area contributed by atoms with Crippen molar-refractivity contribution in [3.05, 3.63) is 217 Å². The molecule has 61 heavy (non-hydrogen) atoms. The highest BCUT2D eigenvalue weighted by Gasteiger charge is 2.22. The van der Waals surface area contributed by atoms with Gasteiger partial charge in [0.15, 0.2) is 0 Å². The summed E-state index contributed by atoms with van der Waals surface area (Å²) in [6, 6.07) is 75.2. The molecule has 0 fully saturated rings. The minimum atomic E-state index is 0.575. The molecular formula is C57H36N4. The molecule has 0 atom stereocenters. The van der Waals surface area contributed by atoms with Gasteiger partial charge in [-0.1, -0.05) is 121 Å². The fraction of sp³-hybridized carbons (Fsp3) is 0.0175. The summed E-state index contributed by atoms with van der Waals surface area (Å²) in [6.07, 6.45) is 0. The van der Waals surface area contributed by atoms with Crippen molar-refractivity contribution in [1.29, 1.82) is 10.5 Å². The summed E-state index contributed by atoms with van der Waals surface area (Å²) in [5.41, 5.74) is 17.2. The van der Waals surface area contributed by atoms with E-state index in [0.717, 1.165) is 93.9 Å². The highest BCUT2D eigenvalue weighted by atomic mass is 15.0. The molecule has 0 amide bonds. The van der Waals surface area contributed by atoms with Crippen LogP contribution in [-0.4, -0.2) is 9.13 Å². The van der Waals surface area contributed by atoms with Gasteiger partial charge in [0.2, 0.25) is 0 Å². The van der Waals surface area contributed by atoms with Crippen LogP contribution >= 0.6 is 0 Å². The van der Waals surface area contributed by atoms with E-state index in [4.69, 9.17) is 0 Å². The van der Waals surface area contributed by atoms with Crippen LogP contribution in [0, 0.1) is 29.6 Å². The average molecular weight is 777 g/mol. The molecule has 0 N–H and O–H groups in total. The lowest BCUT2D eigenvalue weighted by Gasteiger charge is -2.20. The number of nitriles is 2. The summed E-state index contributed by atoms with van der Waals surface area (Å²) in [5, 5.41) is 24.9. The summed E-state index contributed by atoms with van der Waals surface area (Å²) in [4.78, 5) is 0. The largest absolute Gasteiger partial charge is 0.309 e. The molecule has 0 bridgehead atoms. The Bertz CT molecular complexity index is 3610. The zero-order chi connectivity index (χ0) is 41.0. The summed E-state index contributed by atoms with van der Waals surface area (Å²) in [7, 11) is 0. The van der Waals surface area contributed by atoms with E-state index >= 15 is 0 Å². The van der Waals surface area contributed by atoms with E-state index in [2.05, 4.69) is 192 Å². The molecule has 11 aromatic rings. The Morgan fingerprint density at radius 2 is 0.770 bits per heavy atom. The number of para-hydroxylation sites is 2. The smallest absolute Gasteiger partial charge is 0.0991 e. The Morgan fingerprint density at radius 1 is 0.328 bits per heavy atom. The number of fused-ring (bicyclic) bond motifs is 6. The molecule has 11 rings (SSSR count). The molecule has 284 valence electrons. The van der Waals surface area contributed by atoms with Crippen molar-refractivity contribution >= 4 is 43.6 Å². The number of hydrogen-bond donors (Lipinski definition) is 0. The van der Waals surface area contributed by atoms with Crippen LogP contribution in [0.1, 0.15) is 16.7 Å². The molecule has 0 saturated carbocycles. The van der Waals surface area contributed by atoms with E-state index < -0.39 is 0 Å². The predicted molar refractivity (Wildman–Crippen MR) is 251 cm³/mol. The first-order valence-electron chi connectivity index (χ1n) is 20.5. The third-order valence-electron chi connectivity index (χ3n) is 12.1. The van der Waals surface area contributed by atoms with Crippen molar-refractivity contribution < 1.29 is 0 Å². The van der Waals surface area contributed by atoms with E-state index in [1.807, 2.05) is 36.4 Å². The molecule has 9 aromatic carbocycles. The molecule has 0 aliphatic carbocycles. The van der Waals surface area contributed by atoms with Gasteiger partial charge in [0.1, 0.15) is 0 Å². The Kier molecular flexibility index (Phi) is 8.45. The van der Waals surface area contributed by atoms with Gasteiger partial charge in [0.05, 0.1) is 56.7 Å². The SMILES string of the molecule is Cc1cc(C#N)ccc1-c1ccc(-n2c3ccccc3c3cc(-c4ccccc4)ccc32)c(-c2cc(C#N)ccc2-n2c3ccccc3c3cc(-c4ccccc4)ccc32)c1. The van der Waals surface area contributed by atoms with Crippen molar-refractivity contribution in [2.45, 2.75) is 6.92 Å². The van der Waals surface area contributed by atoms with Gasteiger partial charge in [-0.05, 0) is 125 Å². The second-order valence-corrected chi connectivity index (χ2v) is 15.6. The van der Waals surface area contributed by atoms with Crippen molar-refractivity contribution in [2.75, 3.05) is 0 Å². The van der Waals surface area contributed by atoms with E-state index in [-0.39, 0.29) is 0 Å². The first-order valence-corrected chi connectivity index (χ1v) is 20.5. The quantitative estimate of drug-likeness (QED) is 0.169. The molecule has 0 saturated heterocycles. The van der Waals surface area contributed by atoms with Crippen LogP contribution in [0.3, 0.4) is 0 Å². The molecule has 0 aliphatic rings. The van der Waals surface area contributed by atoms with Crippen LogP contribution in [0.2, 0.25) is 0 Å². The Labute approximate surface area is 353 Å².